The summed E-state index contributed by atoms with van der Waals surface area (Å²) < 4.78 is 46.7. The van der Waals surface area contributed by atoms with Crippen LogP contribution in [0.1, 0.15) is 19.4 Å². The molecule has 1 N–H and O–H groups in total. The molecule has 0 fully saturated rings. The van der Waals surface area contributed by atoms with Crippen LogP contribution in [0.2, 0.25) is 0 Å². The summed E-state index contributed by atoms with van der Waals surface area (Å²) in [5, 5.41) is 0. The van der Waals surface area contributed by atoms with E-state index in [0.717, 1.165) is 24.0 Å². The van der Waals surface area contributed by atoms with E-state index in [9.17, 15) is 13.2 Å². The Morgan fingerprint density at radius 3 is 2.70 bits per heavy atom. The second-order valence-electron chi connectivity index (χ2n) is 8.97. The number of amides is 1. The number of nitrogens with zero attached hydrogens (tertiary/aromatic N) is 1. The average molecular weight is 742 g/mol. The van der Waals surface area contributed by atoms with Gasteiger partial charge in [0.2, 0.25) is 0 Å². The SMILES string of the molecule is COC1=C(S(=O)(=O)NC(=O)C2=C[I-]c3cccc(-c4ccccn4)c3C=C2)C2=C([I-]C=C1)C(C)(C)CO2. The van der Waals surface area contributed by atoms with Crippen LogP contribution in [0.3, 0.4) is 0 Å². The van der Waals surface area contributed by atoms with Crippen molar-refractivity contribution in [3.05, 3.63) is 97.6 Å². The summed E-state index contributed by atoms with van der Waals surface area (Å²) in [5.41, 5.74) is 2.83. The second kappa shape index (κ2) is 10.4. The Balaban J connectivity index is 1.46. The van der Waals surface area contributed by atoms with Gasteiger partial charge in [0.1, 0.15) is 0 Å². The van der Waals surface area contributed by atoms with Crippen LogP contribution >= 0.6 is 0 Å². The molecule has 4 heterocycles. The molecule has 0 bridgehead atoms. The molecular formula is C27H24I2N2O5S-2. The number of rotatable bonds is 5. The zero-order valence-electron chi connectivity index (χ0n) is 20.3. The van der Waals surface area contributed by atoms with Crippen LogP contribution in [0, 0.1) is 8.99 Å². The number of allylic oxidation sites excluding steroid dienone is 1. The molecule has 194 valence electrons. The number of carbonyl (C=O) groups is 1. The van der Waals surface area contributed by atoms with Crippen molar-refractivity contribution >= 4 is 22.0 Å². The molecular weight excluding hydrogens is 718 g/mol. The molecule has 1 aromatic heterocycles. The van der Waals surface area contributed by atoms with Gasteiger partial charge in [0.25, 0.3) is 0 Å². The van der Waals surface area contributed by atoms with E-state index >= 15 is 0 Å². The Morgan fingerprint density at radius 1 is 1.11 bits per heavy atom. The molecule has 3 aliphatic heterocycles. The van der Waals surface area contributed by atoms with Crippen LogP contribution in [0.4, 0.5) is 0 Å². The fourth-order valence-corrected chi connectivity index (χ4v) is 10.5. The molecule has 0 atom stereocenters. The van der Waals surface area contributed by atoms with Crippen LogP contribution < -0.4 is 47.1 Å². The normalized spacial score (nSPS) is 18.7. The number of carbonyl (C=O) groups excluding carboxylic acids is 1. The third-order valence-corrected chi connectivity index (χ3v) is 13.1. The summed E-state index contributed by atoms with van der Waals surface area (Å²) in [6, 6.07) is 11.8. The minimum atomic E-state index is -4.29. The number of pyridine rings is 1. The van der Waals surface area contributed by atoms with Gasteiger partial charge in [-0.1, -0.05) is 0 Å². The van der Waals surface area contributed by atoms with E-state index in [1.165, 1.54) is 7.11 Å². The predicted molar refractivity (Wildman–Crippen MR) is 132 cm³/mol. The van der Waals surface area contributed by atoms with Crippen LogP contribution in [0.15, 0.2) is 88.5 Å². The number of hydrogen-bond acceptors (Lipinski definition) is 6. The van der Waals surface area contributed by atoms with Gasteiger partial charge < -0.3 is 0 Å². The van der Waals surface area contributed by atoms with E-state index in [1.807, 2.05) is 64.5 Å². The van der Waals surface area contributed by atoms with Crippen LogP contribution in [-0.4, -0.2) is 33.0 Å². The fraction of sp³-hybridized carbons (Fsp3) is 0.185. The Labute approximate surface area is 237 Å². The van der Waals surface area contributed by atoms with Gasteiger partial charge in [-0.25, -0.2) is 0 Å². The summed E-state index contributed by atoms with van der Waals surface area (Å²) >= 11 is -1.29. The molecule has 1 aromatic carbocycles. The summed E-state index contributed by atoms with van der Waals surface area (Å²) in [5.74, 6) is -0.216. The summed E-state index contributed by atoms with van der Waals surface area (Å²) in [7, 11) is -2.87. The number of halogens is 2. The zero-order chi connectivity index (χ0) is 26.2. The molecule has 10 heteroatoms. The first-order valence-corrected chi connectivity index (χ1v) is 17.4. The molecule has 0 unspecified atom stereocenters. The van der Waals surface area contributed by atoms with Crippen molar-refractivity contribution in [2.75, 3.05) is 13.7 Å². The van der Waals surface area contributed by atoms with Crippen molar-refractivity contribution < 1.29 is 65.1 Å². The number of fused-ring (bicyclic) bond motifs is 1. The number of methoxy groups -OCH3 is 1. The first-order chi connectivity index (χ1) is 17.7. The van der Waals surface area contributed by atoms with Crippen molar-refractivity contribution in [2.45, 2.75) is 13.8 Å². The maximum atomic E-state index is 13.6. The molecule has 7 nitrogen and oxygen atoms in total. The molecule has 0 spiro atoms. The van der Waals surface area contributed by atoms with E-state index in [0.29, 0.717) is 17.9 Å². The molecule has 0 saturated heterocycles. The maximum absolute atomic E-state index is 13.6. The molecule has 37 heavy (non-hydrogen) atoms. The number of ether oxygens (including phenoxy) is 2. The first kappa shape index (κ1) is 26.2. The van der Waals surface area contributed by atoms with Gasteiger partial charge in [-0.2, -0.15) is 0 Å². The topological polar surface area (TPSA) is 94.6 Å². The van der Waals surface area contributed by atoms with Crippen molar-refractivity contribution in [3.63, 3.8) is 0 Å². The van der Waals surface area contributed by atoms with Crippen LogP contribution in [-0.2, 0) is 24.3 Å². The van der Waals surface area contributed by atoms with Gasteiger partial charge >= 0.3 is 239 Å². The molecule has 2 aromatic rings. The molecule has 0 aliphatic carbocycles. The number of nitrogens with one attached hydrogen (secondary N) is 1. The Morgan fingerprint density at radius 2 is 1.95 bits per heavy atom. The molecule has 5 rings (SSSR count). The van der Waals surface area contributed by atoms with Crippen molar-refractivity contribution in [3.8, 4) is 11.3 Å². The Kier molecular flexibility index (Phi) is 7.33. The van der Waals surface area contributed by atoms with Crippen LogP contribution in [0.25, 0.3) is 17.3 Å². The van der Waals surface area contributed by atoms with Crippen LogP contribution in [0.5, 0.6) is 0 Å². The quantitative estimate of drug-likeness (QED) is 0.361. The molecule has 1 amide bonds. The van der Waals surface area contributed by atoms with Gasteiger partial charge in [-0.05, 0) is 0 Å². The van der Waals surface area contributed by atoms with Crippen molar-refractivity contribution in [1.29, 1.82) is 0 Å². The number of aromatic nitrogens is 1. The van der Waals surface area contributed by atoms with E-state index in [-0.39, 0.29) is 16.1 Å². The third kappa shape index (κ3) is 5.15. The molecule has 0 radical (unpaired) electrons. The van der Waals surface area contributed by atoms with E-state index < -0.39 is 58.3 Å². The Bertz CT molecular complexity index is 1540. The van der Waals surface area contributed by atoms with Gasteiger partial charge in [0.15, 0.2) is 0 Å². The fourth-order valence-electron chi connectivity index (χ4n) is 4.03. The van der Waals surface area contributed by atoms with E-state index in [1.54, 1.807) is 18.3 Å². The number of hydrogen-bond donors (Lipinski definition) is 1. The van der Waals surface area contributed by atoms with Crippen molar-refractivity contribution in [1.82, 2.24) is 9.71 Å². The minimum absolute atomic E-state index is 0.119. The third-order valence-electron chi connectivity index (χ3n) is 5.88. The predicted octanol–water partition coefficient (Wildman–Crippen LogP) is -1.89. The van der Waals surface area contributed by atoms with Gasteiger partial charge in [-0.3, -0.25) is 0 Å². The number of sulfonamides is 1. The Hall–Kier alpha value is -2.45. The average Bonchev–Trinajstić information content (AvgIpc) is 3.06. The standard InChI is InChI=1S/C27H24I2N2O5S/c1-27(2)16-36-23-24(22(35-3)12-13-28-25(23)27)37(33,34)31-26(32)17-10-11-18-19(21-9-4-5-14-30-21)7-6-8-20(18)29-15-17/h4-15H,16H2,1-3H3,(H,31,32)/q-2. The molecule has 3 aliphatic rings. The van der Waals surface area contributed by atoms with E-state index in [4.69, 9.17) is 9.47 Å². The van der Waals surface area contributed by atoms with Gasteiger partial charge in [0, 0.05) is 0 Å². The number of benzene rings is 1. The first-order valence-electron chi connectivity index (χ1n) is 11.3. The monoisotopic (exact) mass is 742 g/mol. The summed E-state index contributed by atoms with van der Waals surface area (Å²) in [6.07, 6.45) is 6.95. The summed E-state index contributed by atoms with van der Waals surface area (Å²) in [6.45, 7) is 4.45. The summed E-state index contributed by atoms with van der Waals surface area (Å²) in [4.78, 5) is 17.6. The molecule has 0 saturated carbocycles. The second-order valence-corrected chi connectivity index (χ2v) is 15.4. The van der Waals surface area contributed by atoms with Crippen molar-refractivity contribution in [2.24, 2.45) is 5.41 Å². The van der Waals surface area contributed by atoms with E-state index in [2.05, 4.69) is 9.71 Å². The van der Waals surface area contributed by atoms with Gasteiger partial charge in [0.05, 0.1) is 0 Å². The zero-order valence-corrected chi connectivity index (χ0v) is 25.4. The van der Waals surface area contributed by atoms with Gasteiger partial charge in [-0.15, -0.1) is 0 Å².